The average molecular weight is 354 g/mol. The molecule has 0 spiro atoms. The summed E-state index contributed by atoms with van der Waals surface area (Å²) in [4.78, 5) is 16.0. The molecule has 0 fully saturated rings. The van der Waals surface area contributed by atoms with E-state index in [0.29, 0.717) is 29.7 Å². The average Bonchev–Trinajstić information content (AvgIpc) is 2.57. The predicted molar refractivity (Wildman–Crippen MR) is 98.5 cm³/mol. The van der Waals surface area contributed by atoms with Crippen molar-refractivity contribution in [3.05, 3.63) is 77.6 Å². The molecule has 0 saturated heterocycles. The highest BCUT2D eigenvalue weighted by Gasteiger charge is 2.28. The van der Waals surface area contributed by atoms with Crippen LogP contribution < -0.4 is 5.32 Å². The number of aromatic nitrogens is 1. The van der Waals surface area contributed by atoms with Crippen LogP contribution in [-0.4, -0.2) is 10.8 Å². The lowest BCUT2D eigenvalue weighted by Gasteiger charge is -2.29. The van der Waals surface area contributed by atoms with Crippen molar-refractivity contribution in [1.29, 1.82) is 0 Å². The molecule has 5 heteroatoms. The van der Waals surface area contributed by atoms with E-state index in [-0.39, 0.29) is 22.6 Å². The van der Waals surface area contributed by atoms with Crippen molar-refractivity contribution in [3.63, 3.8) is 0 Å². The van der Waals surface area contributed by atoms with Gasteiger partial charge in [0.2, 0.25) is 0 Å². The van der Waals surface area contributed by atoms with Crippen LogP contribution in [0.3, 0.4) is 0 Å². The fourth-order valence-electron chi connectivity index (χ4n) is 3.20. The highest BCUT2D eigenvalue weighted by atomic mass is 19.2. The second-order valence-corrected chi connectivity index (χ2v) is 7.27. The number of carbonyl (C=O) groups excluding carboxylic acids is 1. The summed E-state index contributed by atoms with van der Waals surface area (Å²) in [5, 5.41) is 3.02. The maximum absolute atomic E-state index is 14.6. The number of pyridine rings is 1. The van der Waals surface area contributed by atoms with Gasteiger partial charge in [0.25, 0.3) is 0 Å². The Hall–Kier alpha value is -2.82. The monoisotopic (exact) mass is 354 g/mol. The summed E-state index contributed by atoms with van der Waals surface area (Å²) in [5.41, 5.74) is 1.37. The number of benzene rings is 1. The van der Waals surface area contributed by atoms with Gasteiger partial charge in [-0.05, 0) is 23.0 Å². The molecule has 1 aromatic heterocycles. The van der Waals surface area contributed by atoms with E-state index in [1.54, 1.807) is 24.3 Å². The Balaban J connectivity index is 2.02. The van der Waals surface area contributed by atoms with Crippen molar-refractivity contribution in [2.75, 3.05) is 5.32 Å². The van der Waals surface area contributed by atoms with Gasteiger partial charge in [-0.2, -0.15) is 0 Å². The maximum atomic E-state index is 14.6. The standard InChI is InChI=1S/C21H20F2N2O/c1-13(14-7-5-4-6-8-14)18-19(23)17(22)12-24-20(18)25-15-9-16(26)11-21(2,3)10-15/h4-9,12H,1,10-11H2,2-3H3,(H,24,25). The highest BCUT2D eigenvalue weighted by molar-refractivity contribution is 5.92. The normalized spacial score (nSPS) is 16.2. The van der Waals surface area contributed by atoms with Crippen LogP contribution in [0, 0.1) is 17.0 Å². The third kappa shape index (κ3) is 3.72. The number of rotatable bonds is 4. The van der Waals surface area contributed by atoms with Gasteiger partial charge in [0.1, 0.15) is 5.82 Å². The number of nitrogens with zero attached hydrogens (tertiary/aromatic N) is 1. The van der Waals surface area contributed by atoms with Gasteiger partial charge in [-0.25, -0.2) is 13.8 Å². The molecule has 2 aromatic rings. The van der Waals surface area contributed by atoms with E-state index in [4.69, 9.17) is 0 Å². The van der Waals surface area contributed by atoms with Gasteiger partial charge < -0.3 is 5.32 Å². The summed E-state index contributed by atoms with van der Waals surface area (Å²) in [6.45, 7) is 7.90. The zero-order chi connectivity index (χ0) is 18.9. The van der Waals surface area contributed by atoms with E-state index in [1.165, 1.54) is 6.08 Å². The molecule has 0 atom stereocenters. The SMILES string of the molecule is C=C(c1ccccc1)c1c(NC2=CC(=O)CC(C)(C)C2)ncc(F)c1F. The molecule has 1 aliphatic rings. The lowest BCUT2D eigenvalue weighted by molar-refractivity contribution is -0.117. The first-order valence-corrected chi connectivity index (χ1v) is 8.36. The topological polar surface area (TPSA) is 42.0 Å². The first-order valence-electron chi connectivity index (χ1n) is 8.36. The summed E-state index contributed by atoms with van der Waals surface area (Å²) in [7, 11) is 0. The summed E-state index contributed by atoms with van der Waals surface area (Å²) < 4.78 is 28.4. The zero-order valence-corrected chi connectivity index (χ0v) is 14.8. The van der Waals surface area contributed by atoms with E-state index < -0.39 is 11.6 Å². The zero-order valence-electron chi connectivity index (χ0n) is 14.8. The Labute approximate surface area is 151 Å². The van der Waals surface area contributed by atoms with Crippen LogP contribution in [-0.2, 0) is 4.79 Å². The van der Waals surface area contributed by atoms with Crippen molar-refractivity contribution >= 4 is 17.2 Å². The second-order valence-electron chi connectivity index (χ2n) is 7.27. The molecule has 0 amide bonds. The highest BCUT2D eigenvalue weighted by Crippen LogP contribution is 2.36. The largest absolute Gasteiger partial charge is 0.343 e. The summed E-state index contributed by atoms with van der Waals surface area (Å²) in [6, 6.07) is 8.95. The van der Waals surface area contributed by atoms with Crippen molar-refractivity contribution in [2.45, 2.75) is 26.7 Å². The number of hydrogen-bond acceptors (Lipinski definition) is 3. The minimum Gasteiger partial charge on any atom is -0.343 e. The molecule has 3 nitrogen and oxygen atoms in total. The van der Waals surface area contributed by atoms with E-state index >= 15 is 0 Å². The molecule has 1 aromatic carbocycles. The molecule has 0 unspecified atom stereocenters. The smallest absolute Gasteiger partial charge is 0.177 e. The fraction of sp³-hybridized carbons (Fsp3) is 0.238. The molecule has 1 aliphatic carbocycles. The molecule has 0 saturated carbocycles. The minimum atomic E-state index is -1.04. The van der Waals surface area contributed by atoms with Crippen LogP contribution in [0.4, 0.5) is 14.6 Å². The van der Waals surface area contributed by atoms with Crippen LogP contribution in [0.5, 0.6) is 0 Å². The van der Waals surface area contributed by atoms with Gasteiger partial charge >= 0.3 is 0 Å². The quantitative estimate of drug-likeness (QED) is 0.830. The first kappa shape index (κ1) is 18.0. The van der Waals surface area contributed by atoms with Crippen LogP contribution in [0.25, 0.3) is 5.57 Å². The van der Waals surface area contributed by atoms with Gasteiger partial charge in [0, 0.05) is 18.2 Å². The van der Waals surface area contributed by atoms with Crippen molar-refractivity contribution in [2.24, 2.45) is 5.41 Å². The van der Waals surface area contributed by atoms with Crippen LogP contribution >= 0.6 is 0 Å². The number of nitrogens with one attached hydrogen (secondary N) is 1. The molecule has 3 rings (SSSR count). The maximum Gasteiger partial charge on any atom is 0.177 e. The minimum absolute atomic E-state index is 0.00484. The number of halogens is 2. The Kier molecular flexibility index (Phi) is 4.72. The van der Waals surface area contributed by atoms with Crippen LogP contribution in [0.1, 0.15) is 37.8 Å². The van der Waals surface area contributed by atoms with Crippen molar-refractivity contribution in [3.8, 4) is 0 Å². The molecule has 1 heterocycles. The first-order chi connectivity index (χ1) is 12.3. The van der Waals surface area contributed by atoms with Gasteiger partial charge in [0.15, 0.2) is 17.4 Å². The molecular weight excluding hydrogens is 334 g/mol. The Bertz CT molecular complexity index is 902. The third-order valence-electron chi connectivity index (χ3n) is 4.33. The fourth-order valence-corrected chi connectivity index (χ4v) is 3.20. The van der Waals surface area contributed by atoms with E-state index in [2.05, 4.69) is 16.9 Å². The Morgan fingerprint density at radius 1 is 1.19 bits per heavy atom. The van der Waals surface area contributed by atoms with E-state index in [9.17, 15) is 13.6 Å². The molecular formula is C21H20F2N2O. The lowest BCUT2D eigenvalue weighted by atomic mass is 9.79. The third-order valence-corrected chi connectivity index (χ3v) is 4.33. The Morgan fingerprint density at radius 2 is 1.88 bits per heavy atom. The molecule has 0 bridgehead atoms. The van der Waals surface area contributed by atoms with Crippen LogP contribution in [0.15, 0.2) is 54.9 Å². The molecule has 0 aliphatic heterocycles. The predicted octanol–water partition coefficient (Wildman–Crippen LogP) is 5.11. The van der Waals surface area contributed by atoms with Crippen molar-refractivity contribution in [1.82, 2.24) is 4.98 Å². The summed E-state index contributed by atoms with van der Waals surface area (Å²) in [5.74, 6) is -1.92. The second kappa shape index (κ2) is 6.83. The molecule has 26 heavy (non-hydrogen) atoms. The number of allylic oxidation sites excluding steroid dienone is 2. The summed E-state index contributed by atoms with van der Waals surface area (Å²) >= 11 is 0. The molecule has 1 N–H and O–H groups in total. The van der Waals surface area contributed by atoms with Crippen LogP contribution in [0.2, 0.25) is 0 Å². The molecule has 134 valence electrons. The molecule has 0 radical (unpaired) electrons. The Morgan fingerprint density at radius 3 is 2.54 bits per heavy atom. The van der Waals surface area contributed by atoms with Crippen molar-refractivity contribution < 1.29 is 13.6 Å². The van der Waals surface area contributed by atoms with Gasteiger partial charge in [-0.3, -0.25) is 4.79 Å². The number of hydrogen-bond donors (Lipinski definition) is 1. The lowest BCUT2D eigenvalue weighted by Crippen LogP contribution is -2.25. The number of anilines is 1. The van der Waals surface area contributed by atoms with Gasteiger partial charge in [-0.1, -0.05) is 50.8 Å². The number of ketones is 1. The van der Waals surface area contributed by atoms with E-state index in [0.717, 1.165) is 6.20 Å². The van der Waals surface area contributed by atoms with Gasteiger partial charge in [0.05, 0.1) is 11.8 Å². The van der Waals surface area contributed by atoms with E-state index in [1.807, 2.05) is 19.9 Å². The van der Waals surface area contributed by atoms with Gasteiger partial charge in [-0.15, -0.1) is 0 Å². The number of carbonyl (C=O) groups is 1. The summed E-state index contributed by atoms with van der Waals surface area (Å²) in [6.07, 6.45) is 3.39.